The zero-order valence-electron chi connectivity index (χ0n) is 15.9. The van der Waals surface area contributed by atoms with E-state index < -0.39 is 0 Å². The quantitative estimate of drug-likeness (QED) is 0.548. The molecule has 0 saturated heterocycles. The Balaban J connectivity index is 1.66. The minimum absolute atomic E-state index is 0.211. The van der Waals surface area contributed by atoms with Crippen LogP contribution in [0.4, 0.5) is 0 Å². The van der Waals surface area contributed by atoms with Crippen molar-refractivity contribution in [1.82, 2.24) is 20.1 Å². The highest BCUT2D eigenvalue weighted by Gasteiger charge is 2.19. The van der Waals surface area contributed by atoms with Gasteiger partial charge in [0.1, 0.15) is 11.4 Å². The van der Waals surface area contributed by atoms with Crippen LogP contribution in [0, 0.1) is 0 Å². The van der Waals surface area contributed by atoms with Crippen LogP contribution >= 0.6 is 0 Å². The van der Waals surface area contributed by atoms with Gasteiger partial charge in [-0.2, -0.15) is 5.10 Å². The Morgan fingerprint density at radius 2 is 1.83 bits per heavy atom. The number of hydrogen-bond donors (Lipinski definition) is 1. The summed E-state index contributed by atoms with van der Waals surface area (Å²) in [7, 11) is 1.62. The Hall–Kier alpha value is -3.93. The van der Waals surface area contributed by atoms with Gasteiger partial charge in [-0.05, 0) is 30.3 Å². The van der Waals surface area contributed by atoms with Crippen molar-refractivity contribution in [2.75, 3.05) is 7.11 Å². The van der Waals surface area contributed by atoms with Crippen molar-refractivity contribution in [2.45, 2.75) is 6.54 Å². The van der Waals surface area contributed by atoms with Gasteiger partial charge in [-0.25, -0.2) is 4.68 Å². The molecule has 4 aromatic rings. The van der Waals surface area contributed by atoms with Crippen LogP contribution in [0.25, 0.3) is 16.9 Å². The first kappa shape index (κ1) is 18.4. The van der Waals surface area contributed by atoms with Gasteiger partial charge in [-0.1, -0.05) is 36.4 Å². The van der Waals surface area contributed by atoms with Crippen molar-refractivity contribution in [1.29, 1.82) is 0 Å². The molecular formula is C23H20N4O2. The standard InChI is InChI=1S/C23H20N4O2/c1-29-21-12-6-5-8-17(21)15-25-23(28)20-16-27(19-10-3-2-4-11-19)26-22(20)18-9-7-13-24-14-18/h2-14,16H,15H2,1H3,(H,25,28). The molecule has 0 spiro atoms. The van der Waals surface area contributed by atoms with Crippen molar-refractivity contribution in [3.05, 3.63) is 96.4 Å². The van der Waals surface area contributed by atoms with Crippen LogP contribution < -0.4 is 10.1 Å². The van der Waals surface area contributed by atoms with E-state index in [9.17, 15) is 4.79 Å². The molecule has 1 N–H and O–H groups in total. The van der Waals surface area contributed by atoms with Gasteiger partial charge in [0, 0.05) is 36.3 Å². The summed E-state index contributed by atoms with van der Waals surface area (Å²) in [6.07, 6.45) is 5.14. The molecule has 4 rings (SSSR count). The van der Waals surface area contributed by atoms with Gasteiger partial charge < -0.3 is 10.1 Å². The van der Waals surface area contributed by atoms with Gasteiger partial charge in [0.05, 0.1) is 18.4 Å². The lowest BCUT2D eigenvalue weighted by Crippen LogP contribution is -2.23. The van der Waals surface area contributed by atoms with E-state index >= 15 is 0 Å². The maximum Gasteiger partial charge on any atom is 0.255 e. The van der Waals surface area contributed by atoms with Crippen LogP contribution in [-0.4, -0.2) is 27.8 Å². The number of pyridine rings is 1. The minimum atomic E-state index is -0.211. The first-order chi connectivity index (χ1) is 14.3. The average Bonchev–Trinajstić information content (AvgIpc) is 3.24. The van der Waals surface area contributed by atoms with Crippen LogP contribution in [0.3, 0.4) is 0 Å². The third-order valence-corrected chi connectivity index (χ3v) is 4.55. The number of rotatable bonds is 6. The third-order valence-electron chi connectivity index (χ3n) is 4.55. The monoisotopic (exact) mass is 384 g/mol. The van der Waals surface area contributed by atoms with Crippen molar-refractivity contribution in [2.24, 2.45) is 0 Å². The SMILES string of the molecule is COc1ccccc1CNC(=O)c1cn(-c2ccccc2)nc1-c1cccnc1. The molecule has 29 heavy (non-hydrogen) atoms. The normalized spacial score (nSPS) is 10.5. The number of carbonyl (C=O) groups excluding carboxylic acids is 1. The van der Waals surface area contributed by atoms with E-state index in [1.165, 1.54) is 0 Å². The number of carbonyl (C=O) groups is 1. The summed E-state index contributed by atoms with van der Waals surface area (Å²) < 4.78 is 7.07. The van der Waals surface area contributed by atoms with Gasteiger partial charge in [-0.3, -0.25) is 9.78 Å². The van der Waals surface area contributed by atoms with Gasteiger partial charge in [0.15, 0.2) is 0 Å². The number of ether oxygens (including phenoxy) is 1. The molecule has 0 aliphatic carbocycles. The van der Waals surface area contributed by atoms with E-state index in [1.54, 1.807) is 30.4 Å². The van der Waals surface area contributed by atoms with E-state index in [4.69, 9.17) is 4.74 Å². The Kier molecular flexibility index (Phi) is 5.33. The van der Waals surface area contributed by atoms with Gasteiger partial charge in [0.2, 0.25) is 0 Å². The maximum absolute atomic E-state index is 13.0. The molecule has 2 heterocycles. The number of nitrogens with one attached hydrogen (secondary N) is 1. The molecule has 6 heteroatoms. The number of para-hydroxylation sites is 2. The van der Waals surface area contributed by atoms with E-state index in [0.29, 0.717) is 17.8 Å². The zero-order valence-corrected chi connectivity index (χ0v) is 15.9. The molecule has 144 valence electrons. The van der Waals surface area contributed by atoms with Crippen LogP contribution in [0.15, 0.2) is 85.3 Å². The third kappa shape index (κ3) is 4.01. The summed E-state index contributed by atoms with van der Waals surface area (Å²) in [5, 5.41) is 7.62. The number of hydrogen-bond acceptors (Lipinski definition) is 4. The molecule has 6 nitrogen and oxygen atoms in total. The van der Waals surface area contributed by atoms with Crippen LogP contribution in [0.1, 0.15) is 15.9 Å². The fourth-order valence-electron chi connectivity index (χ4n) is 3.09. The predicted molar refractivity (Wildman–Crippen MR) is 111 cm³/mol. The van der Waals surface area contributed by atoms with Gasteiger partial charge in [0.25, 0.3) is 5.91 Å². The molecular weight excluding hydrogens is 364 g/mol. The Morgan fingerprint density at radius 1 is 1.03 bits per heavy atom. The fraction of sp³-hybridized carbons (Fsp3) is 0.0870. The zero-order chi connectivity index (χ0) is 20.1. The van der Waals surface area contributed by atoms with E-state index in [1.807, 2.05) is 66.7 Å². The summed E-state index contributed by atoms with van der Waals surface area (Å²) >= 11 is 0. The minimum Gasteiger partial charge on any atom is -0.496 e. The highest BCUT2D eigenvalue weighted by Crippen LogP contribution is 2.23. The Morgan fingerprint density at radius 3 is 2.59 bits per heavy atom. The maximum atomic E-state index is 13.0. The molecule has 0 bridgehead atoms. The Bertz CT molecular complexity index is 1110. The molecule has 0 atom stereocenters. The van der Waals surface area contributed by atoms with E-state index in [-0.39, 0.29) is 5.91 Å². The largest absolute Gasteiger partial charge is 0.496 e. The predicted octanol–water partition coefficient (Wildman–Crippen LogP) is 3.87. The number of nitrogens with zero attached hydrogens (tertiary/aromatic N) is 3. The smallest absolute Gasteiger partial charge is 0.255 e. The number of methoxy groups -OCH3 is 1. The molecule has 2 aromatic carbocycles. The van der Waals surface area contributed by atoms with Gasteiger partial charge >= 0.3 is 0 Å². The molecule has 0 radical (unpaired) electrons. The van der Waals surface area contributed by atoms with E-state index in [0.717, 1.165) is 22.6 Å². The number of benzene rings is 2. The second-order valence-electron chi connectivity index (χ2n) is 6.41. The summed E-state index contributed by atoms with van der Waals surface area (Å²) in [6.45, 7) is 0.353. The van der Waals surface area contributed by atoms with Crippen LogP contribution in [-0.2, 0) is 6.54 Å². The molecule has 2 aromatic heterocycles. The lowest BCUT2D eigenvalue weighted by molar-refractivity contribution is 0.0951. The summed E-state index contributed by atoms with van der Waals surface area (Å²) in [6, 6.07) is 21.0. The Labute approximate surface area is 168 Å². The summed E-state index contributed by atoms with van der Waals surface area (Å²) in [5.74, 6) is 0.525. The summed E-state index contributed by atoms with van der Waals surface area (Å²) in [4.78, 5) is 17.2. The molecule has 0 aliphatic rings. The molecule has 0 aliphatic heterocycles. The van der Waals surface area contributed by atoms with Crippen molar-refractivity contribution < 1.29 is 9.53 Å². The van der Waals surface area contributed by atoms with E-state index in [2.05, 4.69) is 15.4 Å². The topological polar surface area (TPSA) is 69.0 Å². The number of aromatic nitrogens is 3. The molecule has 0 saturated carbocycles. The average molecular weight is 384 g/mol. The highest BCUT2D eigenvalue weighted by molar-refractivity contribution is 5.99. The highest BCUT2D eigenvalue weighted by atomic mass is 16.5. The van der Waals surface area contributed by atoms with Crippen LogP contribution in [0.5, 0.6) is 5.75 Å². The second-order valence-corrected chi connectivity index (χ2v) is 6.41. The lowest BCUT2D eigenvalue weighted by atomic mass is 10.1. The first-order valence-electron chi connectivity index (χ1n) is 9.22. The summed E-state index contributed by atoms with van der Waals surface area (Å²) in [5.41, 5.74) is 3.63. The second kappa shape index (κ2) is 8.39. The van der Waals surface area contributed by atoms with Crippen molar-refractivity contribution in [3.8, 4) is 22.7 Å². The first-order valence-corrected chi connectivity index (χ1v) is 9.22. The van der Waals surface area contributed by atoms with Crippen LogP contribution in [0.2, 0.25) is 0 Å². The van der Waals surface area contributed by atoms with Crippen molar-refractivity contribution >= 4 is 5.91 Å². The van der Waals surface area contributed by atoms with Gasteiger partial charge in [-0.15, -0.1) is 0 Å². The van der Waals surface area contributed by atoms with Crippen molar-refractivity contribution in [3.63, 3.8) is 0 Å². The lowest BCUT2D eigenvalue weighted by Gasteiger charge is -2.09. The fourth-order valence-corrected chi connectivity index (χ4v) is 3.09. The molecule has 0 fully saturated rings. The molecule has 1 amide bonds. The molecule has 0 unspecified atom stereocenters. The number of amides is 1.